The summed E-state index contributed by atoms with van der Waals surface area (Å²) in [5, 5.41) is 3.08. The number of pyridine rings is 1. The van der Waals surface area contributed by atoms with Gasteiger partial charge in [-0.05, 0) is 32.0 Å². The predicted molar refractivity (Wildman–Crippen MR) is 113 cm³/mol. The van der Waals surface area contributed by atoms with Gasteiger partial charge in [0.25, 0.3) is 0 Å². The third-order valence-electron chi connectivity index (χ3n) is 5.53. The molecule has 27 heavy (non-hydrogen) atoms. The summed E-state index contributed by atoms with van der Waals surface area (Å²) in [6.07, 6.45) is 4.23. The van der Waals surface area contributed by atoms with Crippen molar-refractivity contribution >= 4 is 27.8 Å². The number of para-hydroxylation sites is 1. The molecule has 5 heteroatoms. The van der Waals surface area contributed by atoms with Crippen molar-refractivity contribution in [3.63, 3.8) is 0 Å². The lowest BCUT2D eigenvalue weighted by atomic mass is 9.96. The molecule has 138 valence electrons. The van der Waals surface area contributed by atoms with Crippen molar-refractivity contribution in [1.29, 1.82) is 0 Å². The summed E-state index contributed by atoms with van der Waals surface area (Å²) in [6.45, 7) is 7.82. The molecule has 1 aromatic carbocycles. The van der Waals surface area contributed by atoms with E-state index in [4.69, 9.17) is 4.99 Å². The maximum Gasteiger partial charge on any atom is 0.160 e. The van der Waals surface area contributed by atoms with E-state index in [1.807, 2.05) is 24.0 Å². The maximum absolute atomic E-state index is 5.12. The molecular formula is C22H24N4S. The lowest BCUT2D eigenvalue weighted by Gasteiger charge is -2.27. The molecule has 3 atom stereocenters. The molecule has 3 aromatic rings. The number of fused-ring (bicyclic) bond motifs is 2. The molecule has 0 unspecified atom stereocenters. The molecule has 0 aliphatic carbocycles. The monoisotopic (exact) mass is 376 g/mol. The Labute approximate surface area is 164 Å². The zero-order valence-electron chi connectivity index (χ0n) is 15.9. The fourth-order valence-electron chi connectivity index (χ4n) is 4.35. The number of rotatable bonds is 3. The average molecular weight is 377 g/mol. The van der Waals surface area contributed by atoms with Crippen LogP contribution < -0.4 is 0 Å². The van der Waals surface area contributed by atoms with Gasteiger partial charge in [-0.3, -0.25) is 9.98 Å². The highest BCUT2D eigenvalue weighted by atomic mass is 32.2. The van der Waals surface area contributed by atoms with Gasteiger partial charge in [0.15, 0.2) is 5.17 Å². The lowest BCUT2D eigenvalue weighted by molar-refractivity contribution is 0.322. The van der Waals surface area contributed by atoms with E-state index < -0.39 is 0 Å². The number of amidine groups is 1. The third kappa shape index (κ3) is 2.67. The smallest absolute Gasteiger partial charge is 0.160 e. The number of aliphatic imine (C=N–C) groups is 1. The van der Waals surface area contributed by atoms with Gasteiger partial charge in [0.1, 0.15) is 6.04 Å². The van der Waals surface area contributed by atoms with Crippen LogP contribution in [0.3, 0.4) is 0 Å². The van der Waals surface area contributed by atoms with E-state index in [-0.39, 0.29) is 12.1 Å². The van der Waals surface area contributed by atoms with E-state index in [2.05, 4.69) is 77.8 Å². The van der Waals surface area contributed by atoms with E-state index >= 15 is 0 Å². The molecule has 1 fully saturated rings. The van der Waals surface area contributed by atoms with Crippen molar-refractivity contribution < 1.29 is 0 Å². The second-order valence-electron chi connectivity index (χ2n) is 7.74. The van der Waals surface area contributed by atoms with Gasteiger partial charge in [-0.25, -0.2) is 0 Å². The van der Waals surface area contributed by atoms with Crippen LogP contribution in [-0.4, -0.2) is 31.4 Å². The minimum Gasteiger partial charge on any atom is -0.345 e. The van der Waals surface area contributed by atoms with Gasteiger partial charge < -0.3 is 9.47 Å². The second-order valence-corrected chi connectivity index (χ2v) is 9.14. The Hall–Kier alpha value is -2.27. The van der Waals surface area contributed by atoms with Crippen LogP contribution in [0.25, 0.3) is 10.9 Å². The number of aromatic nitrogens is 2. The number of hydrogen-bond acceptors (Lipinski definition) is 4. The normalized spacial score (nSPS) is 24.7. The van der Waals surface area contributed by atoms with Gasteiger partial charge >= 0.3 is 0 Å². The Morgan fingerprint density at radius 2 is 1.93 bits per heavy atom. The molecule has 0 N–H and O–H groups in total. The molecule has 2 aliphatic rings. The molecule has 1 saturated heterocycles. The predicted octanol–water partition coefficient (Wildman–Crippen LogP) is 5.21. The van der Waals surface area contributed by atoms with Crippen molar-refractivity contribution in [3.05, 3.63) is 66.1 Å². The average Bonchev–Trinajstić information content (AvgIpc) is 3.32. The van der Waals surface area contributed by atoms with Gasteiger partial charge in [0.2, 0.25) is 0 Å². The molecule has 0 saturated carbocycles. The summed E-state index contributed by atoms with van der Waals surface area (Å²) in [4.78, 5) is 12.3. The van der Waals surface area contributed by atoms with Crippen LogP contribution in [0.2, 0.25) is 0 Å². The topological polar surface area (TPSA) is 33.4 Å². The van der Waals surface area contributed by atoms with Crippen molar-refractivity contribution in [2.24, 2.45) is 4.99 Å². The number of hydrogen-bond donors (Lipinski definition) is 0. The van der Waals surface area contributed by atoms with Gasteiger partial charge in [-0.2, -0.15) is 0 Å². The fourth-order valence-corrected chi connectivity index (χ4v) is 5.44. The van der Waals surface area contributed by atoms with Crippen molar-refractivity contribution in [3.8, 4) is 0 Å². The highest BCUT2D eigenvalue weighted by molar-refractivity contribution is 8.14. The molecular weight excluding hydrogens is 352 g/mol. The second kappa shape index (κ2) is 6.41. The Kier molecular flexibility index (Phi) is 4.01. The van der Waals surface area contributed by atoms with Crippen LogP contribution in [0.4, 0.5) is 0 Å². The lowest BCUT2D eigenvalue weighted by Crippen LogP contribution is -2.28. The molecule has 0 radical (unpaired) electrons. The Morgan fingerprint density at radius 1 is 1.11 bits per heavy atom. The van der Waals surface area contributed by atoms with Gasteiger partial charge in [0, 0.05) is 46.7 Å². The van der Waals surface area contributed by atoms with E-state index in [1.54, 1.807) is 0 Å². The van der Waals surface area contributed by atoms with Crippen molar-refractivity contribution in [1.82, 2.24) is 14.5 Å². The number of thioether (sulfide) groups is 1. The molecule has 0 bridgehead atoms. The Bertz CT molecular complexity index is 1010. The molecule has 2 aliphatic heterocycles. The van der Waals surface area contributed by atoms with E-state index in [9.17, 15) is 0 Å². The molecule has 4 heterocycles. The van der Waals surface area contributed by atoms with E-state index in [0.29, 0.717) is 11.3 Å². The SMILES string of the molecule is CC(C)n1cc([C@@H]2[C@H](c3ccccn3)N=C3S[C@H](C)CN32)c2ccccc21. The summed E-state index contributed by atoms with van der Waals surface area (Å²) >= 11 is 1.89. The van der Waals surface area contributed by atoms with Gasteiger partial charge in [-0.1, -0.05) is 43.0 Å². The molecule has 0 spiro atoms. The fraction of sp³-hybridized carbons (Fsp3) is 0.364. The molecule has 5 rings (SSSR count). The standard InChI is InChI=1S/C22H24N4S/c1-14(2)25-13-17(16-8-4-5-10-19(16)25)21-20(18-9-6-7-11-23-18)24-22-26(21)12-15(3)27-22/h4-11,13-15,20-21H,12H2,1-3H3/t15-,20+,21-/m1/s1. The van der Waals surface area contributed by atoms with Crippen LogP contribution in [0.1, 0.15) is 50.2 Å². The van der Waals surface area contributed by atoms with Crippen molar-refractivity contribution in [2.75, 3.05) is 6.54 Å². The summed E-state index contributed by atoms with van der Waals surface area (Å²) < 4.78 is 2.39. The largest absolute Gasteiger partial charge is 0.345 e. The minimum absolute atomic E-state index is 0.0487. The van der Waals surface area contributed by atoms with Crippen LogP contribution >= 0.6 is 11.8 Å². The van der Waals surface area contributed by atoms with Crippen LogP contribution in [-0.2, 0) is 0 Å². The summed E-state index contributed by atoms with van der Waals surface area (Å²) in [5.41, 5.74) is 3.72. The van der Waals surface area contributed by atoms with Crippen molar-refractivity contribution in [2.45, 2.75) is 44.1 Å². The van der Waals surface area contributed by atoms with Crippen LogP contribution in [0.5, 0.6) is 0 Å². The zero-order chi connectivity index (χ0) is 18.5. The minimum atomic E-state index is 0.0487. The summed E-state index contributed by atoms with van der Waals surface area (Å²) in [5.74, 6) is 0. The number of nitrogens with zero attached hydrogens (tertiary/aromatic N) is 4. The first-order valence-corrected chi connectivity index (χ1v) is 10.5. The first-order valence-electron chi connectivity index (χ1n) is 9.65. The number of benzene rings is 1. The highest BCUT2D eigenvalue weighted by Crippen LogP contribution is 2.49. The molecule has 0 amide bonds. The first kappa shape index (κ1) is 16.9. The van der Waals surface area contributed by atoms with Gasteiger partial charge in [-0.15, -0.1) is 0 Å². The third-order valence-corrected chi connectivity index (χ3v) is 6.63. The van der Waals surface area contributed by atoms with E-state index in [1.165, 1.54) is 21.6 Å². The summed E-state index contributed by atoms with van der Waals surface area (Å²) in [7, 11) is 0. The quantitative estimate of drug-likeness (QED) is 0.629. The highest BCUT2D eigenvalue weighted by Gasteiger charge is 2.44. The van der Waals surface area contributed by atoms with Crippen LogP contribution in [0, 0.1) is 0 Å². The Balaban J connectivity index is 1.69. The van der Waals surface area contributed by atoms with Gasteiger partial charge in [0.05, 0.1) is 11.7 Å². The zero-order valence-corrected chi connectivity index (χ0v) is 16.7. The van der Waals surface area contributed by atoms with Crippen LogP contribution in [0.15, 0.2) is 59.9 Å². The molecule has 2 aromatic heterocycles. The van der Waals surface area contributed by atoms with E-state index in [0.717, 1.165) is 12.2 Å². The Morgan fingerprint density at radius 3 is 2.70 bits per heavy atom. The maximum atomic E-state index is 5.12. The first-order chi connectivity index (χ1) is 13.1. The molecule has 4 nitrogen and oxygen atoms in total. The summed E-state index contributed by atoms with van der Waals surface area (Å²) in [6, 6.07) is 15.6.